The van der Waals surface area contributed by atoms with Crippen molar-refractivity contribution in [1.82, 2.24) is 0 Å². The van der Waals surface area contributed by atoms with E-state index in [0.717, 1.165) is 24.8 Å². The van der Waals surface area contributed by atoms with Gasteiger partial charge in [-0.1, -0.05) is 6.07 Å². The standard InChI is InChI=1S/C16H16N4S/c1-10-6-7-13(18)14(8-10)19-20-16-12(9-17)11-4-2-3-5-15(11)21-16/h6-8H,2-5,18H2,1H3. The predicted molar refractivity (Wildman–Crippen MR) is 85.4 cm³/mol. The van der Waals surface area contributed by atoms with Crippen LogP contribution in [0.25, 0.3) is 0 Å². The van der Waals surface area contributed by atoms with Crippen LogP contribution in [0.1, 0.15) is 34.4 Å². The largest absolute Gasteiger partial charge is 0.397 e. The number of nitrogen functional groups attached to an aromatic ring is 1. The minimum atomic E-state index is 0.601. The SMILES string of the molecule is Cc1ccc(N)c(N=Nc2sc3c(c2C#N)CCCC3)c1. The van der Waals surface area contributed by atoms with E-state index in [1.54, 1.807) is 11.3 Å². The Bertz CT molecular complexity index is 752. The quantitative estimate of drug-likeness (QED) is 0.638. The van der Waals surface area contributed by atoms with Crippen molar-refractivity contribution in [3.8, 4) is 6.07 Å². The van der Waals surface area contributed by atoms with Crippen molar-refractivity contribution in [2.24, 2.45) is 10.2 Å². The van der Waals surface area contributed by atoms with Gasteiger partial charge in [-0.3, -0.25) is 0 Å². The second kappa shape index (κ2) is 5.66. The van der Waals surface area contributed by atoms with E-state index in [-0.39, 0.29) is 0 Å². The van der Waals surface area contributed by atoms with Gasteiger partial charge >= 0.3 is 0 Å². The highest BCUT2D eigenvalue weighted by Crippen LogP contribution is 2.40. The molecule has 1 aromatic carbocycles. The van der Waals surface area contributed by atoms with E-state index in [9.17, 15) is 5.26 Å². The lowest BCUT2D eigenvalue weighted by atomic mass is 9.96. The third kappa shape index (κ3) is 2.67. The average molecular weight is 296 g/mol. The zero-order chi connectivity index (χ0) is 14.8. The highest BCUT2D eigenvalue weighted by atomic mass is 32.1. The molecule has 1 heterocycles. The first-order valence-electron chi connectivity index (χ1n) is 7.01. The zero-order valence-electron chi connectivity index (χ0n) is 11.9. The van der Waals surface area contributed by atoms with Crippen LogP contribution in [0.3, 0.4) is 0 Å². The van der Waals surface area contributed by atoms with Gasteiger partial charge in [-0.25, -0.2) is 0 Å². The molecular weight excluding hydrogens is 280 g/mol. The molecule has 0 spiro atoms. The number of azo groups is 1. The third-order valence-electron chi connectivity index (χ3n) is 3.70. The smallest absolute Gasteiger partial charge is 0.157 e. The second-order valence-electron chi connectivity index (χ2n) is 5.27. The van der Waals surface area contributed by atoms with Gasteiger partial charge < -0.3 is 5.73 Å². The van der Waals surface area contributed by atoms with E-state index < -0.39 is 0 Å². The summed E-state index contributed by atoms with van der Waals surface area (Å²) in [5.74, 6) is 0. The van der Waals surface area contributed by atoms with E-state index in [1.165, 1.54) is 16.9 Å². The molecule has 2 N–H and O–H groups in total. The van der Waals surface area contributed by atoms with Crippen molar-refractivity contribution < 1.29 is 0 Å². The summed E-state index contributed by atoms with van der Waals surface area (Å²) >= 11 is 1.59. The normalized spacial score (nSPS) is 14.1. The van der Waals surface area contributed by atoms with Crippen LogP contribution >= 0.6 is 11.3 Å². The van der Waals surface area contributed by atoms with E-state index in [4.69, 9.17) is 5.73 Å². The van der Waals surface area contributed by atoms with Gasteiger partial charge in [-0.05, 0) is 55.9 Å². The lowest BCUT2D eigenvalue weighted by Gasteiger charge is -2.09. The Morgan fingerprint density at radius 1 is 1.24 bits per heavy atom. The molecule has 0 saturated heterocycles. The molecule has 0 unspecified atom stereocenters. The van der Waals surface area contributed by atoms with E-state index >= 15 is 0 Å². The summed E-state index contributed by atoms with van der Waals surface area (Å²) in [5, 5.41) is 18.6. The van der Waals surface area contributed by atoms with Gasteiger partial charge in [-0.15, -0.1) is 21.6 Å². The van der Waals surface area contributed by atoms with Crippen LogP contribution in [0.4, 0.5) is 16.4 Å². The Morgan fingerprint density at radius 3 is 2.86 bits per heavy atom. The minimum Gasteiger partial charge on any atom is -0.397 e. The number of aryl methyl sites for hydroxylation is 2. The molecule has 0 aliphatic heterocycles. The Hall–Kier alpha value is -2.19. The van der Waals surface area contributed by atoms with Gasteiger partial charge in [0.15, 0.2) is 5.00 Å². The first kappa shape index (κ1) is 13.8. The van der Waals surface area contributed by atoms with Gasteiger partial charge in [0.1, 0.15) is 11.8 Å². The summed E-state index contributed by atoms with van der Waals surface area (Å²) in [4.78, 5) is 1.30. The molecule has 4 nitrogen and oxygen atoms in total. The molecule has 1 aliphatic rings. The van der Waals surface area contributed by atoms with E-state index in [2.05, 4.69) is 16.3 Å². The van der Waals surface area contributed by atoms with Gasteiger partial charge in [0.2, 0.25) is 0 Å². The number of nitrogens with zero attached hydrogens (tertiary/aromatic N) is 3. The monoisotopic (exact) mass is 296 g/mol. The molecule has 0 fully saturated rings. The third-order valence-corrected chi connectivity index (χ3v) is 4.88. The Labute approximate surface area is 127 Å². The van der Waals surface area contributed by atoms with Crippen molar-refractivity contribution in [2.45, 2.75) is 32.6 Å². The summed E-state index contributed by atoms with van der Waals surface area (Å²) in [6.45, 7) is 1.99. The summed E-state index contributed by atoms with van der Waals surface area (Å²) in [6, 6.07) is 7.96. The number of hydrogen-bond acceptors (Lipinski definition) is 5. The van der Waals surface area contributed by atoms with Gasteiger partial charge in [0.05, 0.1) is 11.3 Å². The fraction of sp³-hybridized carbons (Fsp3) is 0.312. The van der Waals surface area contributed by atoms with Gasteiger partial charge in [-0.2, -0.15) is 5.26 Å². The van der Waals surface area contributed by atoms with Crippen LogP contribution in [0.5, 0.6) is 0 Å². The molecule has 106 valence electrons. The average Bonchev–Trinajstić information content (AvgIpc) is 2.85. The van der Waals surface area contributed by atoms with E-state index in [1.807, 2.05) is 25.1 Å². The minimum absolute atomic E-state index is 0.601. The fourth-order valence-corrected chi connectivity index (χ4v) is 3.74. The molecule has 0 bridgehead atoms. The maximum atomic E-state index is 9.39. The number of rotatable bonds is 2. The summed E-state index contributed by atoms with van der Waals surface area (Å²) in [5.41, 5.74) is 10.1. The van der Waals surface area contributed by atoms with Crippen molar-refractivity contribution in [1.29, 1.82) is 5.26 Å². The first-order valence-corrected chi connectivity index (χ1v) is 7.83. The Morgan fingerprint density at radius 2 is 2.05 bits per heavy atom. The maximum absolute atomic E-state index is 9.39. The van der Waals surface area contributed by atoms with Crippen molar-refractivity contribution >= 4 is 27.7 Å². The number of anilines is 1. The molecule has 0 amide bonds. The molecule has 0 radical (unpaired) electrons. The number of nitriles is 1. The van der Waals surface area contributed by atoms with Crippen molar-refractivity contribution in [3.63, 3.8) is 0 Å². The van der Waals surface area contributed by atoms with Crippen molar-refractivity contribution in [2.75, 3.05) is 5.73 Å². The molecule has 1 aliphatic carbocycles. The van der Waals surface area contributed by atoms with Crippen molar-refractivity contribution in [3.05, 3.63) is 39.8 Å². The summed E-state index contributed by atoms with van der Waals surface area (Å²) in [6.07, 6.45) is 4.38. The van der Waals surface area contributed by atoms with Crippen LogP contribution in [0.2, 0.25) is 0 Å². The van der Waals surface area contributed by atoms with Crippen LogP contribution in [0.15, 0.2) is 28.4 Å². The molecule has 2 aromatic rings. The zero-order valence-corrected chi connectivity index (χ0v) is 12.7. The fourth-order valence-electron chi connectivity index (χ4n) is 2.58. The van der Waals surface area contributed by atoms with Gasteiger partial charge in [0, 0.05) is 4.88 Å². The Kier molecular flexibility index (Phi) is 3.72. The number of nitrogens with two attached hydrogens (primary N) is 1. The number of thiophene rings is 1. The molecule has 0 saturated carbocycles. The lowest BCUT2D eigenvalue weighted by Crippen LogP contribution is -1.99. The molecule has 5 heteroatoms. The van der Waals surface area contributed by atoms with Gasteiger partial charge in [0.25, 0.3) is 0 Å². The highest BCUT2D eigenvalue weighted by Gasteiger charge is 2.20. The lowest BCUT2D eigenvalue weighted by molar-refractivity contribution is 0.696. The topological polar surface area (TPSA) is 74.5 Å². The predicted octanol–water partition coefficient (Wildman–Crippen LogP) is 4.80. The van der Waals surface area contributed by atoms with E-state index in [0.29, 0.717) is 21.9 Å². The van der Waals surface area contributed by atoms with Crippen LogP contribution < -0.4 is 5.73 Å². The Balaban J connectivity index is 1.98. The molecule has 1 aromatic heterocycles. The molecule has 21 heavy (non-hydrogen) atoms. The molecule has 3 rings (SSSR count). The number of hydrogen-bond donors (Lipinski definition) is 1. The number of benzene rings is 1. The first-order chi connectivity index (χ1) is 10.2. The summed E-state index contributed by atoms with van der Waals surface area (Å²) in [7, 11) is 0. The van der Waals surface area contributed by atoms with Crippen LogP contribution in [-0.4, -0.2) is 0 Å². The molecular formula is C16H16N4S. The second-order valence-corrected chi connectivity index (χ2v) is 6.35. The highest BCUT2D eigenvalue weighted by molar-refractivity contribution is 7.16. The van der Waals surface area contributed by atoms with Crippen LogP contribution in [0, 0.1) is 18.3 Å². The number of fused-ring (bicyclic) bond motifs is 1. The summed E-state index contributed by atoms with van der Waals surface area (Å²) < 4.78 is 0. The van der Waals surface area contributed by atoms with Crippen LogP contribution in [-0.2, 0) is 12.8 Å². The maximum Gasteiger partial charge on any atom is 0.157 e. The molecule has 0 atom stereocenters.